The minimum Gasteiger partial charge on any atom is -0.367 e. The third-order valence-electron chi connectivity index (χ3n) is 5.06. The number of para-hydroxylation sites is 1. The van der Waals surface area contributed by atoms with Gasteiger partial charge >= 0.3 is 0 Å². The lowest BCUT2D eigenvalue weighted by Gasteiger charge is -2.38. The van der Waals surface area contributed by atoms with Crippen LogP contribution < -0.4 is 10.6 Å². The summed E-state index contributed by atoms with van der Waals surface area (Å²) in [4.78, 5) is 17.0. The average molecular weight is 395 g/mol. The van der Waals surface area contributed by atoms with Crippen LogP contribution in [0.4, 0.5) is 5.69 Å². The predicted octanol–water partition coefficient (Wildman–Crippen LogP) is 3.21. The van der Waals surface area contributed by atoms with Crippen LogP contribution in [-0.4, -0.2) is 43.5 Å². The van der Waals surface area contributed by atoms with E-state index in [0.717, 1.165) is 56.2 Å². The number of benzene rings is 1. The average Bonchev–Trinajstić information content (AvgIpc) is 3.03. The third-order valence-corrected chi connectivity index (χ3v) is 5.38. The van der Waals surface area contributed by atoms with Crippen LogP contribution in [0.15, 0.2) is 24.3 Å². The molecule has 0 bridgehead atoms. The number of piperazine rings is 1. The molecular weight excluding hydrogens is 369 g/mol. The van der Waals surface area contributed by atoms with Crippen molar-refractivity contribution < 1.29 is 4.79 Å². The number of hydrogen-bond acceptors (Lipinski definition) is 3. The standard InChI is InChI=1S/C17H24ClN3O.2ClH/c18-15-6-1-2-7-16(15)20-8-10-21(11-9-20)17(22)14-5-3-4-13(14)12-19;;/h1-2,6-7,13-14H,3-5,8-12,19H2;2*1H/t13-,14-;;/m1../s1. The first-order valence-electron chi connectivity index (χ1n) is 8.19. The Hall–Kier alpha value is -0.680. The molecule has 0 radical (unpaired) electrons. The summed E-state index contributed by atoms with van der Waals surface area (Å²) in [6.07, 6.45) is 3.25. The van der Waals surface area contributed by atoms with Crippen molar-refractivity contribution in [1.29, 1.82) is 0 Å². The van der Waals surface area contributed by atoms with Crippen LogP contribution in [0.5, 0.6) is 0 Å². The smallest absolute Gasteiger partial charge is 0.226 e. The first-order chi connectivity index (χ1) is 10.7. The van der Waals surface area contributed by atoms with E-state index in [4.69, 9.17) is 17.3 Å². The molecule has 1 saturated heterocycles. The molecule has 1 aromatic carbocycles. The number of hydrogen-bond donors (Lipinski definition) is 1. The fraction of sp³-hybridized carbons (Fsp3) is 0.588. The van der Waals surface area contributed by atoms with Crippen molar-refractivity contribution in [2.45, 2.75) is 19.3 Å². The zero-order valence-corrected chi connectivity index (χ0v) is 16.1. The maximum Gasteiger partial charge on any atom is 0.226 e. The van der Waals surface area contributed by atoms with E-state index >= 15 is 0 Å². The van der Waals surface area contributed by atoms with Gasteiger partial charge in [-0.3, -0.25) is 4.79 Å². The minimum atomic E-state index is 0. The highest BCUT2D eigenvalue weighted by Crippen LogP contribution is 2.33. The summed E-state index contributed by atoms with van der Waals surface area (Å²) in [6, 6.07) is 7.90. The number of nitrogens with two attached hydrogens (primary N) is 1. The minimum absolute atomic E-state index is 0. The van der Waals surface area contributed by atoms with Crippen molar-refractivity contribution in [3.8, 4) is 0 Å². The van der Waals surface area contributed by atoms with Crippen LogP contribution >= 0.6 is 36.4 Å². The lowest BCUT2D eigenvalue weighted by Crippen LogP contribution is -2.51. The van der Waals surface area contributed by atoms with Gasteiger partial charge in [-0.05, 0) is 37.4 Å². The second-order valence-electron chi connectivity index (χ2n) is 6.30. The summed E-state index contributed by atoms with van der Waals surface area (Å²) in [5.41, 5.74) is 6.88. The Morgan fingerprint density at radius 2 is 1.79 bits per heavy atom. The largest absolute Gasteiger partial charge is 0.367 e. The summed E-state index contributed by atoms with van der Waals surface area (Å²) in [7, 11) is 0. The summed E-state index contributed by atoms with van der Waals surface area (Å²) >= 11 is 6.26. The van der Waals surface area contributed by atoms with Gasteiger partial charge in [0.25, 0.3) is 0 Å². The molecular formula is C17H26Cl3N3O. The van der Waals surface area contributed by atoms with Gasteiger partial charge in [-0.2, -0.15) is 0 Å². The van der Waals surface area contributed by atoms with Crippen LogP contribution in [0.2, 0.25) is 5.02 Å². The van der Waals surface area contributed by atoms with Crippen molar-refractivity contribution in [3.05, 3.63) is 29.3 Å². The van der Waals surface area contributed by atoms with E-state index in [1.165, 1.54) is 0 Å². The van der Waals surface area contributed by atoms with Crippen LogP contribution in [0, 0.1) is 11.8 Å². The summed E-state index contributed by atoms with van der Waals surface area (Å²) in [6.45, 7) is 3.87. The second kappa shape index (κ2) is 9.71. The molecule has 4 nitrogen and oxygen atoms in total. The van der Waals surface area contributed by atoms with Gasteiger partial charge in [0.05, 0.1) is 10.7 Å². The van der Waals surface area contributed by atoms with Gasteiger partial charge in [0.15, 0.2) is 0 Å². The monoisotopic (exact) mass is 393 g/mol. The van der Waals surface area contributed by atoms with E-state index < -0.39 is 0 Å². The van der Waals surface area contributed by atoms with Crippen molar-refractivity contribution >= 4 is 48.0 Å². The molecule has 1 aromatic rings. The van der Waals surface area contributed by atoms with Crippen LogP contribution in [-0.2, 0) is 4.79 Å². The number of amides is 1. The highest BCUT2D eigenvalue weighted by molar-refractivity contribution is 6.33. The Kier molecular flexibility index (Phi) is 8.65. The van der Waals surface area contributed by atoms with Crippen LogP contribution in [0.25, 0.3) is 0 Å². The van der Waals surface area contributed by atoms with Gasteiger partial charge in [-0.15, -0.1) is 24.8 Å². The second-order valence-corrected chi connectivity index (χ2v) is 6.70. The molecule has 1 amide bonds. The van der Waals surface area contributed by atoms with Gasteiger partial charge in [-0.1, -0.05) is 30.2 Å². The molecule has 2 atom stereocenters. The molecule has 0 unspecified atom stereocenters. The highest BCUT2D eigenvalue weighted by atomic mass is 35.5. The molecule has 2 aliphatic rings. The van der Waals surface area contributed by atoms with Gasteiger partial charge < -0.3 is 15.5 Å². The first-order valence-corrected chi connectivity index (χ1v) is 8.57. The van der Waals surface area contributed by atoms with E-state index in [2.05, 4.69) is 4.90 Å². The number of anilines is 1. The molecule has 1 heterocycles. The SMILES string of the molecule is Cl.Cl.NC[C@H]1CCC[C@H]1C(=O)N1CCN(c2ccccc2Cl)CC1. The van der Waals surface area contributed by atoms with Crippen molar-refractivity contribution in [2.75, 3.05) is 37.6 Å². The lowest BCUT2D eigenvalue weighted by atomic mass is 9.94. The molecule has 136 valence electrons. The van der Waals surface area contributed by atoms with E-state index in [0.29, 0.717) is 18.4 Å². The number of halogens is 3. The molecule has 7 heteroatoms. The molecule has 24 heavy (non-hydrogen) atoms. The normalized spacial score (nSPS) is 23.4. The molecule has 2 N–H and O–H groups in total. The predicted molar refractivity (Wildman–Crippen MR) is 105 cm³/mol. The third kappa shape index (κ3) is 4.48. The topological polar surface area (TPSA) is 49.6 Å². The molecule has 1 aliphatic heterocycles. The first kappa shape index (κ1) is 21.4. The van der Waals surface area contributed by atoms with E-state index in [1.54, 1.807) is 0 Å². The quantitative estimate of drug-likeness (QED) is 0.856. The molecule has 3 rings (SSSR count). The number of rotatable bonds is 3. The lowest BCUT2D eigenvalue weighted by molar-refractivity contribution is -0.136. The van der Waals surface area contributed by atoms with Gasteiger partial charge in [0.2, 0.25) is 5.91 Å². The number of carbonyl (C=O) groups is 1. The Morgan fingerprint density at radius 3 is 2.42 bits per heavy atom. The van der Waals surface area contributed by atoms with Crippen molar-refractivity contribution in [3.63, 3.8) is 0 Å². The van der Waals surface area contributed by atoms with E-state index in [-0.39, 0.29) is 30.7 Å². The number of nitrogens with zero attached hydrogens (tertiary/aromatic N) is 2. The molecule has 1 saturated carbocycles. The number of carbonyl (C=O) groups excluding carboxylic acids is 1. The summed E-state index contributed by atoms with van der Waals surface area (Å²) in [5.74, 6) is 0.845. The fourth-order valence-electron chi connectivity index (χ4n) is 3.75. The van der Waals surface area contributed by atoms with Gasteiger partial charge in [-0.25, -0.2) is 0 Å². The zero-order chi connectivity index (χ0) is 15.5. The molecule has 0 aromatic heterocycles. The Labute approximate surface area is 161 Å². The Morgan fingerprint density at radius 1 is 1.12 bits per heavy atom. The van der Waals surface area contributed by atoms with Crippen molar-refractivity contribution in [1.82, 2.24) is 4.90 Å². The summed E-state index contributed by atoms with van der Waals surface area (Å²) in [5, 5.41) is 0.779. The fourth-order valence-corrected chi connectivity index (χ4v) is 4.01. The maximum absolute atomic E-state index is 12.7. The van der Waals surface area contributed by atoms with Gasteiger partial charge in [0, 0.05) is 32.1 Å². The van der Waals surface area contributed by atoms with E-state index in [1.807, 2.05) is 29.2 Å². The molecule has 2 fully saturated rings. The zero-order valence-electron chi connectivity index (χ0n) is 13.7. The van der Waals surface area contributed by atoms with E-state index in [9.17, 15) is 4.79 Å². The van der Waals surface area contributed by atoms with Crippen LogP contribution in [0.3, 0.4) is 0 Å². The maximum atomic E-state index is 12.7. The van der Waals surface area contributed by atoms with Crippen LogP contribution in [0.1, 0.15) is 19.3 Å². The summed E-state index contributed by atoms with van der Waals surface area (Å²) < 4.78 is 0. The van der Waals surface area contributed by atoms with Crippen molar-refractivity contribution in [2.24, 2.45) is 17.6 Å². The Balaban J connectivity index is 0.00000144. The Bertz CT molecular complexity index is 536. The highest BCUT2D eigenvalue weighted by Gasteiger charge is 2.35. The van der Waals surface area contributed by atoms with Gasteiger partial charge in [0.1, 0.15) is 0 Å². The molecule has 0 spiro atoms. The molecule has 1 aliphatic carbocycles.